The average Bonchev–Trinajstić information content (AvgIpc) is 2.64. The van der Waals surface area contributed by atoms with Crippen molar-refractivity contribution in [2.24, 2.45) is 0 Å². The van der Waals surface area contributed by atoms with Crippen molar-refractivity contribution >= 4 is 6.29 Å². The Bertz CT molecular complexity index is 316. The molecule has 0 N–H and O–H groups in total. The van der Waals surface area contributed by atoms with E-state index in [1.165, 1.54) is 0 Å². The molecule has 1 heterocycles. The summed E-state index contributed by atoms with van der Waals surface area (Å²) in [5.41, 5.74) is 1.49. The molecule has 0 unspecified atom stereocenters. The third-order valence-corrected chi connectivity index (χ3v) is 2.71. The van der Waals surface area contributed by atoms with Gasteiger partial charge in [-0.1, -0.05) is 32.4 Å². The van der Waals surface area contributed by atoms with E-state index in [9.17, 15) is 4.79 Å². The molecule has 4 nitrogen and oxygen atoms in total. The van der Waals surface area contributed by atoms with Crippen LogP contribution in [0.15, 0.2) is 0 Å². The van der Waals surface area contributed by atoms with Gasteiger partial charge in [-0.3, -0.25) is 4.79 Å². The molecule has 0 saturated carbocycles. The molecular formula is C11H19N3O. The number of aldehydes is 1. The van der Waals surface area contributed by atoms with E-state index >= 15 is 0 Å². The highest BCUT2D eigenvalue weighted by Crippen LogP contribution is 2.18. The van der Waals surface area contributed by atoms with Crippen molar-refractivity contribution in [1.82, 2.24) is 15.0 Å². The molecule has 0 spiro atoms. The fraction of sp³-hybridized carbons (Fsp3) is 0.727. The lowest BCUT2D eigenvalue weighted by atomic mass is 10.1. The maximum atomic E-state index is 10.8. The fourth-order valence-electron chi connectivity index (χ4n) is 1.82. The van der Waals surface area contributed by atoms with E-state index in [-0.39, 0.29) is 0 Å². The monoisotopic (exact) mass is 209 g/mol. The molecule has 1 rings (SSSR count). The average molecular weight is 209 g/mol. The summed E-state index contributed by atoms with van der Waals surface area (Å²) in [6.45, 7) is 6.36. The van der Waals surface area contributed by atoms with Crippen molar-refractivity contribution in [3.05, 3.63) is 11.4 Å². The van der Waals surface area contributed by atoms with Gasteiger partial charge in [-0.15, -0.1) is 5.10 Å². The van der Waals surface area contributed by atoms with E-state index < -0.39 is 0 Å². The molecule has 0 aromatic carbocycles. The van der Waals surface area contributed by atoms with Crippen LogP contribution in [-0.4, -0.2) is 21.3 Å². The van der Waals surface area contributed by atoms with Crippen LogP contribution in [0.25, 0.3) is 0 Å². The predicted molar refractivity (Wildman–Crippen MR) is 59.0 cm³/mol. The van der Waals surface area contributed by atoms with Crippen LogP contribution in [0.5, 0.6) is 0 Å². The quantitative estimate of drug-likeness (QED) is 0.676. The van der Waals surface area contributed by atoms with Crippen molar-refractivity contribution < 1.29 is 4.79 Å². The van der Waals surface area contributed by atoms with Gasteiger partial charge in [0.15, 0.2) is 6.29 Å². The van der Waals surface area contributed by atoms with Crippen LogP contribution < -0.4 is 0 Å². The highest BCUT2D eigenvalue weighted by atomic mass is 16.1. The molecule has 0 amide bonds. The Morgan fingerprint density at radius 3 is 2.47 bits per heavy atom. The fourth-order valence-corrected chi connectivity index (χ4v) is 1.82. The second-order valence-corrected chi connectivity index (χ2v) is 3.70. The van der Waals surface area contributed by atoms with Crippen LogP contribution in [-0.2, 0) is 6.42 Å². The minimum atomic E-state index is 0.368. The summed E-state index contributed by atoms with van der Waals surface area (Å²) in [7, 11) is 0. The zero-order chi connectivity index (χ0) is 11.3. The van der Waals surface area contributed by atoms with Crippen molar-refractivity contribution in [2.75, 3.05) is 0 Å². The first-order chi connectivity index (χ1) is 7.28. The number of aromatic nitrogens is 3. The molecule has 0 fully saturated rings. The number of hydrogen-bond donors (Lipinski definition) is 0. The number of hydrogen-bond acceptors (Lipinski definition) is 3. The summed E-state index contributed by atoms with van der Waals surface area (Å²) in [4.78, 5) is 10.8. The van der Waals surface area contributed by atoms with E-state index in [0.717, 1.165) is 37.7 Å². The van der Waals surface area contributed by atoms with E-state index in [4.69, 9.17) is 0 Å². The molecule has 15 heavy (non-hydrogen) atoms. The van der Waals surface area contributed by atoms with Gasteiger partial charge in [-0.2, -0.15) is 0 Å². The summed E-state index contributed by atoms with van der Waals surface area (Å²) < 4.78 is 1.92. The molecule has 1 aromatic rings. The van der Waals surface area contributed by atoms with Gasteiger partial charge in [0, 0.05) is 0 Å². The van der Waals surface area contributed by atoms with E-state index in [2.05, 4.69) is 31.1 Å². The predicted octanol–water partition coefficient (Wildman–Crippen LogP) is 2.40. The van der Waals surface area contributed by atoms with Gasteiger partial charge in [-0.25, -0.2) is 4.68 Å². The molecule has 0 aliphatic carbocycles. The lowest BCUT2D eigenvalue weighted by molar-refractivity contribution is 0.111. The number of carbonyl (C=O) groups excluding carboxylic acids is 1. The van der Waals surface area contributed by atoms with Crippen LogP contribution in [0.2, 0.25) is 0 Å². The molecule has 0 atom stereocenters. The normalized spacial score (nSPS) is 10.9. The summed E-state index contributed by atoms with van der Waals surface area (Å²) in [5, 5.41) is 8.00. The molecule has 0 bridgehead atoms. The number of rotatable bonds is 6. The first kappa shape index (κ1) is 11.9. The van der Waals surface area contributed by atoms with Gasteiger partial charge in [0.1, 0.15) is 5.69 Å². The second-order valence-electron chi connectivity index (χ2n) is 3.70. The van der Waals surface area contributed by atoms with E-state index in [1.54, 1.807) is 0 Å². The van der Waals surface area contributed by atoms with Crippen LogP contribution >= 0.6 is 0 Å². The van der Waals surface area contributed by atoms with Crippen molar-refractivity contribution in [2.45, 2.75) is 52.5 Å². The minimum absolute atomic E-state index is 0.368. The van der Waals surface area contributed by atoms with Crippen molar-refractivity contribution in [3.8, 4) is 0 Å². The standard InChI is InChI=1S/C11H19N3O/c1-4-7-11-10(8-15)12-13-14(11)9(5-2)6-3/h8-9H,4-7H2,1-3H3. The first-order valence-electron chi connectivity index (χ1n) is 5.67. The van der Waals surface area contributed by atoms with Gasteiger partial charge in [0.05, 0.1) is 11.7 Å². The van der Waals surface area contributed by atoms with Crippen molar-refractivity contribution in [1.29, 1.82) is 0 Å². The van der Waals surface area contributed by atoms with Crippen LogP contribution in [0.3, 0.4) is 0 Å². The lowest BCUT2D eigenvalue weighted by Crippen LogP contribution is -2.12. The molecule has 84 valence electrons. The third kappa shape index (κ3) is 2.43. The smallest absolute Gasteiger partial charge is 0.172 e. The Hall–Kier alpha value is -1.19. The van der Waals surface area contributed by atoms with Gasteiger partial charge >= 0.3 is 0 Å². The molecule has 0 saturated heterocycles. The maximum absolute atomic E-state index is 10.8. The molecule has 0 aliphatic heterocycles. The molecular weight excluding hydrogens is 190 g/mol. The van der Waals surface area contributed by atoms with Crippen LogP contribution in [0.4, 0.5) is 0 Å². The maximum Gasteiger partial charge on any atom is 0.172 e. The molecule has 4 heteroatoms. The summed E-state index contributed by atoms with van der Waals surface area (Å²) in [5.74, 6) is 0. The molecule has 1 aromatic heterocycles. The Morgan fingerprint density at radius 2 is 2.00 bits per heavy atom. The third-order valence-electron chi connectivity index (χ3n) is 2.71. The SMILES string of the molecule is CCCc1c(C=O)nnn1C(CC)CC. The zero-order valence-corrected chi connectivity index (χ0v) is 9.73. The summed E-state index contributed by atoms with van der Waals surface area (Å²) in [6.07, 6.45) is 4.73. The van der Waals surface area contributed by atoms with Gasteiger partial charge < -0.3 is 0 Å². The Morgan fingerprint density at radius 1 is 1.33 bits per heavy atom. The van der Waals surface area contributed by atoms with E-state index in [1.807, 2.05) is 4.68 Å². The van der Waals surface area contributed by atoms with Gasteiger partial charge in [0.25, 0.3) is 0 Å². The van der Waals surface area contributed by atoms with Gasteiger partial charge in [0.2, 0.25) is 0 Å². The zero-order valence-electron chi connectivity index (χ0n) is 9.73. The summed E-state index contributed by atoms with van der Waals surface area (Å²) in [6, 6.07) is 0.368. The number of carbonyl (C=O) groups is 1. The number of nitrogens with zero attached hydrogens (tertiary/aromatic N) is 3. The Labute approximate surface area is 90.7 Å². The van der Waals surface area contributed by atoms with E-state index in [0.29, 0.717) is 11.7 Å². The minimum Gasteiger partial charge on any atom is -0.296 e. The van der Waals surface area contributed by atoms with Crippen LogP contribution in [0.1, 0.15) is 62.3 Å². The summed E-state index contributed by atoms with van der Waals surface area (Å²) >= 11 is 0. The lowest BCUT2D eigenvalue weighted by Gasteiger charge is -2.15. The van der Waals surface area contributed by atoms with Crippen LogP contribution in [0, 0.1) is 0 Å². The Kier molecular flexibility index (Phi) is 4.46. The van der Waals surface area contributed by atoms with Gasteiger partial charge in [-0.05, 0) is 19.3 Å². The highest BCUT2D eigenvalue weighted by Gasteiger charge is 2.16. The second kappa shape index (κ2) is 5.63. The largest absolute Gasteiger partial charge is 0.296 e. The highest BCUT2D eigenvalue weighted by molar-refractivity contribution is 5.73. The molecule has 0 radical (unpaired) electrons. The van der Waals surface area contributed by atoms with Crippen molar-refractivity contribution in [3.63, 3.8) is 0 Å². The topological polar surface area (TPSA) is 47.8 Å². The first-order valence-corrected chi connectivity index (χ1v) is 5.67. The Balaban J connectivity index is 3.05. The molecule has 0 aliphatic rings.